The molecule has 4 nitrogen and oxygen atoms in total. The van der Waals surface area contributed by atoms with Gasteiger partial charge in [0, 0.05) is 40.5 Å². The molecule has 2 aromatic carbocycles. The van der Waals surface area contributed by atoms with Crippen molar-refractivity contribution in [3.8, 4) is 23.0 Å². The van der Waals surface area contributed by atoms with Crippen LogP contribution in [-0.4, -0.2) is 22.0 Å². The first-order valence-corrected chi connectivity index (χ1v) is 12.4. The number of piperidine rings is 1. The number of rotatable bonds is 3. The van der Waals surface area contributed by atoms with Crippen molar-refractivity contribution in [1.82, 2.24) is 9.88 Å². The SMILES string of the molecule is CC1CCCC(C)N1Cc1cc(=O)c2cc(C#Cc3ccc(-c4ccc(Cl)cc4)cn3)ccc2o1. The first-order valence-electron chi connectivity index (χ1n) is 12.0. The van der Waals surface area contributed by atoms with Crippen LogP contribution in [0.3, 0.4) is 0 Å². The molecule has 1 aliphatic rings. The Hall–Kier alpha value is -3.39. The van der Waals surface area contributed by atoms with Gasteiger partial charge in [-0.1, -0.05) is 42.1 Å². The van der Waals surface area contributed by atoms with Crippen LogP contribution >= 0.6 is 11.6 Å². The van der Waals surface area contributed by atoms with Crippen molar-refractivity contribution >= 4 is 22.6 Å². The van der Waals surface area contributed by atoms with E-state index < -0.39 is 0 Å². The number of hydrogen-bond acceptors (Lipinski definition) is 4. The number of nitrogens with zero attached hydrogens (tertiary/aromatic N) is 2. The van der Waals surface area contributed by atoms with Crippen LogP contribution in [0.1, 0.15) is 50.1 Å². The van der Waals surface area contributed by atoms with Crippen LogP contribution in [-0.2, 0) is 6.54 Å². The first kappa shape index (κ1) is 23.4. The predicted octanol–water partition coefficient (Wildman–Crippen LogP) is 6.67. The molecular weight excluding hydrogens is 456 g/mol. The summed E-state index contributed by atoms with van der Waals surface area (Å²) in [5.41, 5.74) is 4.02. The normalized spacial score (nSPS) is 18.3. The molecule has 2 unspecified atom stereocenters. The van der Waals surface area contributed by atoms with Gasteiger partial charge in [0.25, 0.3) is 0 Å². The Morgan fingerprint density at radius 3 is 2.43 bits per heavy atom. The van der Waals surface area contributed by atoms with Gasteiger partial charge >= 0.3 is 0 Å². The molecule has 5 rings (SSSR count). The molecule has 0 saturated carbocycles. The van der Waals surface area contributed by atoms with Crippen LogP contribution < -0.4 is 5.43 Å². The second-order valence-corrected chi connectivity index (χ2v) is 9.71. The summed E-state index contributed by atoms with van der Waals surface area (Å²) in [7, 11) is 0. The summed E-state index contributed by atoms with van der Waals surface area (Å²) in [6, 6.07) is 19.7. The Morgan fingerprint density at radius 2 is 1.71 bits per heavy atom. The van der Waals surface area contributed by atoms with Gasteiger partial charge in [0.15, 0.2) is 5.43 Å². The zero-order chi connectivity index (χ0) is 24.4. The lowest BCUT2D eigenvalue weighted by atomic mass is 9.97. The summed E-state index contributed by atoms with van der Waals surface area (Å²) in [5, 5.41) is 1.25. The number of hydrogen-bond donors (Lipinski definition) is 0. The highest BCUT2D eigenvalue weighted by Crippen LogP contribution is 2.25. The minimum absolute atomic E-state index is 0.0346. The fourth-order valence-electron chi connectivity index (χ4n) is 4.75. The maximum Gasteiger partial charge on any atom is 0.193 e. The predicted molar refractivity (Wildman–Crippen MR) is 141 cm³/mol. The second-order valence-electron chi connectivity index (χ2n) is 9.28. The molecule has 0 spiro atoms. The monoisotopic (exact) mass is 482 g/mol. The average Bonchev–Trinajstić information content (AvgIpc) is 2.86. The average molecular weight is 483 g/mol. The fourth-order valence-corrected chi connectivity index (χ4v) is 4.87. The van der Waals surface area contributed by atoms with Crippen molar-refractivity contribution < 1.29 is 4.42 Å². The molecule has 3 heterocycles. The van der Waals surface area contributed by atoms with Gasteiger partial charge in [0.05, 0.1) is 11.9 Å². The zero-order valence-corrected chi connectivity index (χ0v) is 20.7. The molecule has 0 N–H and O–H groups in total. The molecule has 0 radical (unpaired) electrons. The number of likely N-dealkylation sites (tertiary alicyclic amines) is 1. The van der Waals surface area contributed by atoms with Gasteiger partial charge in [-0.25, -0.2) is 4.98 Å². The summed E-state index contributed by atoms with van der Waals surface area (Å²) in [5.74, 6) is 6.92. The quantitative estimate of drug-likeness (QED) is 0.306. The van der Waals surface area contributed by atoms with E-state index in [0.717, 1.165) is 16.7 Å². The molecule has 1 saturated heterocycles. The van der Waals surface area contributed by atoms with Crippen molar-refractivity contribution in [1.29, 1.82) is 0 Å². The number of halogens is 1. The molecule has 2 aromatic heterocycles. The van der Waals surface area contributed by atoms with Crippen LogP contribution in [0.25, 0.3) is 22.1 Å². The summed E-state index contributed by atoms with van der Waals surface area (Å²) in [6.07, 6.45) is 5.42. The van der Waals surface area contributed by atoms with Crippen LogP contribution in [0.2, 0.25) is 5.02 Å². The van der Waals surface area contributed by atoms with E-state index in [2.05, 4.69) is 35.6 Å². The minimum Gasteiger partial charge on any atom is -0.459 e. The van der Waals surface area contributed by atoms with Gasteiger partial charge in [-0.2, -0.15) is 0 Å². The molecule has 2 atom stereocenters. The van der Waals surface area contributed by atoms with Crippen LogP contribution in [0, 0.1) is 11.8 Å². The molecule has 176 valence electrons. The lowest BCUT2D eigenvalue weighted by Crippen LogP contribution is -2.43. The Labute approximate surface area is 210 Å². The zero-order valence-electron chi connectivity index (χ0n) is 19.9. The molecule has 0 amide bonds. The molecule has 1 fully saturated rings. The van der Waals surface area contributed by atoms with E-state index in [1.807, 2.05) is 48.5 Å². The van der Waals surface area contributed by atoms with Crippen molar-refractivity contribution in [2.24, 2.45) is 0 Å². The Morgan fingerprint density at radius 1 is 0.971 bits per heavy atom. The van der Waals surface area contributed by atoms with Gasteiger partial charge in [-0.3, -0.25) is 9.69 Å². The van der Waals surface area contributed by atoms with E-state index >= 15 is 0 Å². The van der Waals surface area contributed by atoms with E-state index in [0.29, 0.717) is 46.1 Å². The van der Waals surface area contributed by atoms with E-state index in [9.17, 15) is 4.79 Å². The van der Waals surface area contributed by atoms with E-state index in [1.165, 1.54) is 19.3 Å². The van der Waals surface area contributed by atoms with E-state index in [-0.39, 0.29) is 5.43 Å². The van der Waals surface area contributed by atoms with Crippen LogP contribution in [0.15, 0.2) is 76.1 Å². The molecule has 4 aromatic rings. The number of pyridine rings is 1. The summed E-state index contributed by atoms with van der Waals surface area (Å²) in [4.78, 5) is 19.8. The fraction of sp³-hybridized carbons (Fsp3) is 0.267. The van der Waals surface area contributed by atoms with Gasteiger partial charge in [0.2, 0.25) is 0 Å². The van der Waals surface area contributed by atoms with E-state index in [4.69, 9.17) is 16.0 Å². The van der Waals surface area contributed by atoms with Gasteiger partial charge in [-0.05, 0) is 74.6 Å². The topological polar surface area (TPSA) is 46.3 Å². The minimum atomic E-state index is -0.0346. The largest absolute Gasteiger partial charge is 0.459 e. The maximum atomic E-state index is 12.9. The van der Waals surface area contributed by atoms with Gasteiger partial charge in [-0.15, -0.1) is 0 Å². The van der Waals surface area contributed by atoms with Gasteiger partial charge < -0.3 is 4.42 Å². The third-order valence-electron chi connectivity index (χ3n) is 6.77. The smallest absolute Gasteiger partial charge is 0.193 e. The third-order valence-corrected chi connectivity index (χ3v) is 7.02. The highest BCUT2D eigenvalue weighted by atomic mass is 35.5. The standard InChI is InChI=1S/C30H27ClN2O2/c1-20-4-3-5-21(2)33(20)19-27-17-29(34)28-16-22(7-15-30(28)35-27)6-13-26-14-10-24(18-32-26)23-8-11-25(31)12-9-23/h7-12,14-18,20-21H,3-5,19H2,1-2H3. The maximum absolute atomic E-state index is 12.9. The third kappa shape index (κ3) is 5.32. The van der Waals surface area contributed by atoms with E-state index in [1.54, 1.807) is 18.3 Å². The van der Waals surface area contributed by atoms with Crippen molar-refractivity contribution in [3.63, 3.8) is 0 Å². The molecule has 0 aliphatic carbocycles. The van der Waals surface area contributed by atoms with Gasteiger partial charge in [0.1, 0.15) is 17.0 Å². The Kier molecular flexibility index (Phi) is 6.72. The highest BCUT2D eigenvalue weighted by molar-refractivity contribution is 6.30. The lowest BCUT2D eigenvalue weighted by Gasteiger charge is -2.38. The van der Waals surface area contributed by atoms with Crippen LogP contribution in [0.4, 0.5) is 0 Å². The molecular formula is C30H27ClN2O2. The van der Waals surface area contributed by atoms with Crippen molar-refractivity contribution in [2.45, 2.75) is 51.7 Å². The molecule has 5 heteroatoms. The molecule has 0 bridgehead atoms. The highest BCUT2D eigenvalue weighted by Gasteiger charge is 2.25. The second kappa shape index (κ2) is 10.1. The number of benzene rings is 2. The van der Waals surface area contributed by atoms with Crippen molar-refractivity contribution in [3.05, 3.63) is 99.1 Å². The summed E-state index contributed by atoms with van der Waals surface area (Å²) in [6.45, 7) is 5.16. The summed E-state index contributed by atoms with van der Waals surface area (Å²) < 4.78 is 6.11. The van der Waals surface area contributed by atoms with Crippen LogP contribution in [0.5, 0.6) is 0 Å². The first-order chi connectivity index (χ1) is 17.0. The van der Waals surface area contributed by atoms with Crippen molar-refractivity contribution in [2.75, 3.05) is 0 Å². The molecule has 1 aliphatic heterocycles. The molecule has 35 heavy (non-hydrogen) atoms. The number of fused-ring (bicyclic) bond motifs is 1. The Balaban J connectivity index is 1.35. The lowest BCUT2D eigenvalue weighted by molar-refractivity contribution is 0.0874. The summed E-state index contributed by atoms with van der Waals surface area (Å²) >= 11 is 5.97. The Bertz CT molecular complexity index is 1450. The number of aromatic nitrogens is 1.